The molecule has 1 aromatic carbocycles. The van der Waals surface area contributed by atoms with Gasteiger partial charge in [0.05, 0.1) is 4.47 Å². The first-order chi connectivity index (χ1) is 6.00. The van der Waals surface area contributed by atoms with Crippen molar-refractivity contribution in [1.82, 2.24) is 0 Å². The quantitative estimate of drug-likeness (QED) is 0.800. The maximum absolute atomic E-state index is 9.62. The molecule has 0 heterocycles. The number of phenolic OH excluding ortho intramolecular Hbond substituents is 1. The van der Waals surface area contributed by atoms with E-state index in [9.17, 15) is 5.11 Å². The first-order valence-corrected chi connectivity index (χ1v) is 4.99. The van der Waals surface area contributed by atoms with Gasteiger partial charge in [-0.25, -0.2) is 0 Å². The molecule has 0 fully saturated rings. The molecule has 70 valence electrons. The normalized spacial score (nSPS) is 10.1. The third kappa shape index (κ3) is 2.75. The average molecular weight is 262 g/mol. The molecule has 0 unspecified atom stereocenters. The van der Waals surface area contributed by atoms with Gasteiger partial charge in [0.1, 0.15) is 5.75 Å². The lowest BCUT2D eigenvalue weighted by Gasteiger charge is -2.06. The van der Waals surface area contributed by atoms with Crippen molar-refractivity contribution in [3.8, 4) is 5.75 Å². The van der Waals surface area contributed by atoms with E-state index in [0.717, 1.165) is 11.1 Å². The minimum Gasteiger partial charge on any atom is -0.506 e. The zero-order valence-electron chi connectivity index (χ0n) is 7.27. The minimum atomic E-state index is 0.243. The Bertz CT molecular complexity index is 347. The lowest BCUT2D eigenvalue weighted by Crippen LogP contribution is -1.87. The molecule has 0 saturated heterocycles. The van der Waals surface area contributed by atoms with Crippen molar-refractivity contribution in [2.75, 3.05) is 0 Å². The van der Waals surface area contributed by atoms with Gasteiger partial charge in [-0.2, -0.15) is 0 Å². The van der Waals surface area contributed by atoms with E-state index in [0.29, 0.717) is 15.9 Å². The highest BCUT2D eigenvalue weighted by Crippen LogP contribution is 2.32. The minimum absolute atomic E-state index is 0.243. The molecule has 0 amide bonds. The number of benzene rings is 1. The van der Waals surface area contributed by atoms with E-state index >= 15 is 0 Å². The van der Waals surface area contributed by atoms with Crippen LogP contribution in [0.3, 0.4) is 0 Å². The molecule has 0 aromatic heterocycles. The van der Waals surface area contributed by atoms with Gasteiger partial charge in [-0.1, -0.05) is 23.8 Å². The van der Waals surface area contributed by atoms with E-state index in [-0.39, 0.29) is 5.75 Å². The highest BCUT2D eigenvalue weighted by atomic mass is 79.9. The fraction of sp³-hybridized carbons (Fsp3) is 0.200. The summed E-state index contributed by atoms with van der Waals surface area (Å²) in [6.45, 7) is 5.69. The van der Waals surface area contributed by atoms with Crippen LogP contribution in [0.15, 0.2) is 28.8 Å². The predicted octanol–water partition coefficient (Wildman–Crippen LogP) is 3.93. The van der Waals surface area contributed by atoms with Crippen molar-refractivity contribution in [2.24, 2.45) is 0 Å². The van der Waals surface area contributed by atoms with E-state index in [2.05, 4.69) is 22.5 Å². The number of aromatic hydroxyl groups is 1. The fourth-order valence-electron chi connectivity index (χ4n) is 1.08. The van der Waals surface area contributed by atoms with Crippen LogP contribution in [-0.4, -0.2) is 5.11 Å². The Morgan fingerprint density at radius 1 is 1.62 bits per heavy atom. The monoisotopic (exact) mass is 260 g/mol. The maximum Gasteiger partial charge on any atom is 0.133 e. The van der Waals surface area contributed by atoms with Crippen molar-refractivity contribution >= 4 is 27.5 Å². The second-order valence-corrected chi connectivity index (χ2v) is 4.32. The molecule has 13 heavy (non-hydrogen) atoms. The molecule has 0 atom stereocenters. The summed E-state index contributed by atoms with van der Waals surface area (Å²) >= 11 is 9.06. The van der Waals surface area contributed by atoms with Crippen LogP contribution in [-0.2, 0) is 6.42 Å². The van der Waals surface area contributed by atoms with Crippen LogP contribution in [0.5, 0.6) is 5.75 Å². The molecule has 0 spiro atoms. The van der Waals surface area contributed by atoms with Crippen LogP contribution >= 0.6 is 27.5 Å². The molecular weight excluding hydrogens is 251 g/mol. The van der Waals surface area contributed by atoms with Crippen LogP contribution in [0.25, 0.3) is 0 Å². The number of allylic oxidation sites excluding steroid dienone is 1. The van der Waals surface area contributed by atoms with Gasteiger partial charge < -0.3 is 5.11 Å². The Kier molecular flexibility index (Phi) is 3.40. The summed E-state index contributed by atoms with van der Waals surface area (Å²) in [5.41, 5.74) is 1.79. The smallest absolute Gasteiger partial charge is 0.133 e. The van der Waals surface area contributed by atoms with Crippen LogP contribution < -0.4 is 0 Å². The summed E-state index contributed by atoms with van der Waals surface area (Å²) in [5.74, 6) is 0.243. The molecule has 1 N–H and O–H groups in total. The molecule has 1 rings (SSSR count). The summed E-state index contributed by atoms with van der Waals surface area (Å²) in [6.07, 6.45) is 0.644. The van der Waals surface area contributed by atoms with Gasteiger partial charge in [-0.3, -0.25) is 0 Å². The predicted molar refractivity (Wildman–Crippen MR) is 59.3 cm³/mol. The fourth-order valence-corrected chi connectivity index (χ4v) is 1.95. The Morgan fingerprint density at radius 2 is 2.23 bits per heavy atom. The Morgan fingerprint density at radius 3 is 2.77 bits per heavy atom. The van der Waals surface area contributed by atoms with E-state index in [1.54, 1.807) is 12.1 Å². The summed E-state index contributed by atoms with van der Waals surface area (Å²) in [5, 5.41) is 10.2. The third-order valence-electron chi connectivity index (χ3n) is 1.60. The molecule has 0 radical (unpaired) electrons. The van der Waals surface area contributed by atoms with Gasteiger partial charge in [0.2, 0.25) is 0 Å². The first-order valence-electron chi connectivity index (χ1n) is 3.82. The molecule has 0 aliphatic carbocycles. The van der Waals surface area contributed by atoms with E-state index in [1.165, 1.54) is 0 Å². The van der Waals surface area contributed by atoms with Crippen molar-refractivity contribution in [3.63, 3.8) is 0 Å². The van der Waals surface area contributed by atoms with E-state index in [4.69, 9.17) is 11.6 Å². The number of halogens is 2. The Hall–Kier alpha value is -0.470. The molecule has 1 nitrogen and oxygen atoms in total. The van der Waals surface area contributed by atoms with Gasteiger partial charge in [-0.15, -0.1) is 0 Å². The second kappa shape index (κ2) is 4.16. The number of rotatable bonds is 2. The van der Waals surface area contributed by atoms with Crippen molar-refractivity contribution < 1.29 is 5.11 Å². The van der Waals surface area contributed by atoms with Crippen LogP contribution in [0.4, 0.5) is 0 Å². The maximum atomic E-state index is 9.62. The topological polar surface area (TPSA) is 20.2 Å². The molecule has 0 aliphatic rings. The second-order valence-electron chi connectivity index (χ2n) is 3.03. The molecule has 3 heteroatoms. The summed E-state index contributed by atoms with van der Waals surface area (Å²) in [6, 6.07) is 3.41. The highest BCUT2D eigenvalue weighted by Gasteiger charge is 2.06. The average Bonchev–Trinajstić information content (AvgIpc) is 1.98. The van der Waals surface area contributed by atoms with Crippen molar-refractivity contribution in [3.05, 3.63) is 39.3 Å². The number of hydrogen-bond acceptors (Lipinski definition) is 1. The lowest BCUT2D eigenvalue weighted by molar-refractivity contribution is 0.466. The van der Waals surface area contributed by atoms with Crippen molar-refractivity contribution in [1.29, 1.82) is 0 Å². The number of hydrogen-bond donors (Lipinski definition) is 1. The molecule has 0 bridgehead atoms. The van der Waals surface area contributed by atoms with E-state index < -0.39 is 0 Å². The van der Waals surface area contributed by atoms with Gasteiger partial charge in [0.25, 0.3) is 0 Å². The highest BCUT2D eigenvalue weighted by molar-refractivity contribution is 9.10. The van der Waals surface area contributed by atoms with Crippen LogP contribution in [0.2, 0.25) is 5.02 Å². The molecule has 1 aromatic rings. The van der Waals surface area contributed by atoms with Gasteiger partial charge in [0.15, 0.2) is 0 Å². The first kappa shape index (κ1) is 10.6. The summed E-state index contributed by atoms with van der Waals surface area (Å²) < 4.78 is 0.622. The van der Waals surface area contributed by atoms with Gasteiger partial charge in [0, 0.05) is 10.6 Å². The third-order valence-corrected chi connectivity index (χ3v) is 2.42. The summed E-state index contributed by atoms with van der Waals surface area (Å²) in [7, 11) is 0. The molecule has 0 aliphatic heterocycles. The standard InChI is InChI=1S/C10H10BrClO/c1-6(2)3-7-4-8(12)5-9(11)10(7)13/h4-5,13H,1,3H2,2H3. The summed E-state index contributed by atoms with van der Waals surface area (Å²) in [4.78, 5) is 0. The largest absolute Gasteiger partial charge is 0.506 e. The number of phenols is 1. The van der Waals surface area contributed by atoms with Crippen molar-refractivity contribution in [2.45, 2.75) is 13.3 Å². The zero-order chi connectivity index (χ0) is 10.0. The van der Waals surface area contributed by atoms with Gasteiger partial charge in [-0.05, 0) is 41.4 Å². The lowest BCUT2D eigenvalue weighted by atomic mass is 10.1. The molecular formula is C10H10BrClO. The van der Waals surface area contributed by atoms with E-state index in [1.807, 2.05) is 6.92 Å². The SMILES string of the molecule is C=C(C)Cc1cc(Cl)cc(Br)c1O. The van der Waals surface area contributed by atoms with Gasteiger partial charge >= 0.3 is 0 Å². The van der Waals surface area contributed by atoms with Crippen LogP contribution in [0, 0.1) is 0 Å². The van der Waals surface area contributed by atoms with Crippen LogP contribution in [0.1, 0.15) is 12.5 Å². The molecule has 0 saturated carbocycles. The Balaban J connectivity index is 3.12. The zero-order valence-corrected chi connectivity index (χ0v) is 9.61. The Labute approximate surface area is 91.2 Å².